The van der Waals surface area contributed by atoms with E-state index < -0.39 is 0 Å². The third kappa shape index (κ3) is 4.88. The minimum atomic E-state index is -0.0268. The average molecular weight is 285 g/mol. The van der Waals surface area contributed by atoms with Crippen molar-refractivity contribution in [1.82, 2.24) is 5.32 Å². The molecule has 0 fully saturated rings. The predicted molar refractivity (Wildman–Crippen MR) is 85.3 cm³/mol. The number of nitrogens with one attached hydrogen (secondary N) is 1. The van der Waals surface area contributed by atoms with Gasteiger partial charge >= 0.3 is 0 Å². The Balaban J connectivity index is 1.85. The van der Waals surface area contributed by atoms with Crippen molar-refractivity contribution in [3.05, 3.63) is 65.7 Å². The molecule has 0 heterocycles. The van der Waals surface area contributed by atoms with E-state index in [0.29, 0.717) is 11.8 Å². The predicted octanol–water partition coefficient (Wildman–Crippen LogP) is 3.04. The van der Waals surface area contributed by atoms with Crippen LogP contribution in [-0.4, -0.2) is 22.9 Å². The topological polar surface area (TPSA) is 52.5 Å². The number of aromatic hydroxyl groups is 1. The SMILES string of the molecule is CC(CCc1ccc(O)cc1)NC(CO)c1ccccc1. The number of phenols is 1. The number of aliphatic hydroxyl groups is 1. The summed E-state index contributed by atoms with van der Waals surface area (Å²) in [5, 5.41) is 22.3. The third-order valence-corrected chi connectivity index (χ3v) is 3.67. The number of hydrogen-bond donors (Lipinski definition) is 3. The molecule has 0 aromatic heterocycles. The Labute approximate surface area is 126 Å². The standard InChI is InChI=1S/C18H23NO2/c1-14(7-8-15-9-11-17(21)12-10-15)19-18(13-20)16-5-3-2-4-6-16/h2-6,9-12,14,18-21H,7-8,13H2,1H3. The summed E-state index contributed by atoms with van der Waals surface area (Å²) in [5.74, 6) is 0.300. The summed E-state index contributed by atoms with van der Waals surface area (Å²) in [4.78, 5) is 0. The van der Waals surface area contributed by atoms with Crippen molar-refractivity contribution in [3.63, 3.8) is 0 Å². The molecule has 3 N–H and O–H groups in total. The van der Waals surface area contributed by atoms with E-state index in [-0.39, 0.29) is 12.6 Å². The van der Waals surface area contributed by atoms with Crippen molar-refractivity contribution in [3.8, 4) is 5.75 Å². The summed E-state index contributed by atoms with van der Waals surface area (Å²) in [6.45, 7) is 2.22. The third-order valence-electron chi connectivity index (χ3n) is 3.67. The van der Waals surface area contributed by atoms with Gasteiger partial charge < -0.3 is 15.5 Å². The van der Waals surface area contributed by atoms with Crippen molar-refractivity contribution in [2.24, 2.45) is 0 Å². The van der Waals surface area contributed by atoms with Crippen molar-refractivity contribution >= 4 is 0 Å². The van der Waals surface area contributed by atoms with E-state index in [1.165, 1.54) is 5.56 Å². The van der Waals surface area contributed by atoms with Gasteiger partial charge in [-0.05, 0) is 43.0 Å². The first kappa shape index (κ1) is 15.5. The molecule has 2 rings (SSSR count). The van der Waals surface area contributed by atoms with Crippen molar-refractivity contribution < 1.29 is 10.2 Å². The summed E-state index contributed by atoms with van der Waals surface area (Å²) in [7, 11) is 0. The molecule has 3 heteroatoms. The van der Waals surface area contributed by atoms with E-state index >= 15 is 0 Å². The first-order chi connectivity index (χ1) is 10.2. The molecule has 0 saturated heterocycles. The Hall–Kier alpha value is -1.84. The minimum absolute atomic E-state index is 0.0268. The second-order valence-electron chi connectivity index (χ2n) is 5.42. The van der Waals surface area contributed by atoms with E-state index in [9.17, 15) is 10.2 Å². The molecule has 112 valence electrons. The summed E-state index contributed by atoms with van der Waals surface area (Å²) in [6, 6.07) is 17.6. The molecule has 0 bridgehead atoms. The van der Waals surface area contributed by atoms with Crippen LogP contribution in [-0.2, 0) is 6.42 Å². The number of hydrogen-bond acceptors (Lipinski definition) is 3. The summed E-state index contributed by atoms with van der Waals surface area (Å²) in [5.41, 5.74) is 2.32. The zero-order valence-corrected chi connectivity index (χ0v) is 12.4. The summed E-state index contributed by atoms with van der Waals surface area (Å²) >= 11 is 0. The molecule has 0 amide bonds. The van der Waals surface area contributed by atoms with Gasteiger partial charge in [-0.2, -0.15) is 0 Å². The molecule has 2 unspecified atom stereocenters. The molecule has 2 aromatic rings. The minimum Gasteiger partial charge on any atom is -0.508 e. The zero-order valence-electron chi connectivity index (χ0n) is 12.4. The maximum Gasteiger partial charge on any atom is 0.115 e. The fraction of sp³-hybridized carbons (Fsp3) is 0.333. The number of rotatable bonds is 7. The molecule has 0 saturated carbocycles. The Morgan fingerprint density at radius 3 is 2.29 bits per heavy atom. The van der Waals surface area contributed by atoms with Gasteiger partial charge in [-0.3, -0.25) is 0 Å². The molecule has 2 atom stereocenters. The Kier molecular flexibility index (Phi) is 5.78. The van der Waals surface area contributed by atoms with Gasteiger partial charge in [-0.15, -0.1) is 0 Å². The molecular weight excluding hydrogens is 262 g/mol. The second kappa shape index (κ2) is 7.81. The van der Waals surface area contributed by atoms with E-state index in [2.05, 4.69) is 12.2 Å². The molecule has 0 aliphatic heterocycles. The van der Waals surface area contributed by atoms with Gasteiger partial charge in [0.2, 0.25) is 0 Å². The Morgan fingerprint density at radius 1 is 1.00 bits per heavy atom. The lowest BCUT2D eigenvalue weighted by Gasteiger charge is -2.22. The van der Waals surface area contributed by atoms with E-state index in [1.54, 1.807) is 12.1 Å². The maximum absolute atomic E-state index is 9.55. The number of phenolic OH excluding ortho intramolecular Hbond substituents is 1. The van der Waals surface area contributed by atoms with Gasteiger partial charge in [0.05, 0.1) is 12.6 Å². The lowest BCUT2D eigenvalue weighted by Crippen LogP contribution is -2.33. The van der Waals surface area contributed by atoms with Crippen LogP contribution in [0.2, 0.25) is 0 Å². The number of aryl methyl sites for hydroxylation is 1. The summed E-state index contributed by atoms with van der Waals surface area (Å²) in [6.07, 6.45) is 1.93. The fourth-order valence-electron chi connectivity index (χ4n) is 2.41. The Morgan fingerprint density at radius 2 is 1.67 bits per heavy atom. The van der Waals surface area contributed by atoms with E-state index in [4.69, 9.17) is 0 Å². The molecular formula is C18H23NO2. The highest BCUT2D eigenvalue weighted by molar-refractivity contribution is 5.26. The van der Waals surface area contributed by atoms with Gasteiger partial charge in [0.25, 0.3) is 0 Å². The van der Waals surface area contributed by atoms with Crippen molar-refractivity contribution in [2.75, 3.05) is 6.61 Å². The quantitative estimate of drug-likeness (QED) is 0.733. The van der Waals surface area contributed by atoms with Gasteiger partial charge in [-0.25, -0.2) is 0 Å². The van der Waals surface area contributed by atoms with Gasteiger partial charge in [0.15, 0.2) is 0 Å². The molecule has 0 spiro atoms. The van der Waals surface area contributed by atoms with Crippen LogP contribution in [0, 0.1) is 0 Å². The average Bonchev–Trinajstić information content (AvgIpc) is 2.53. The smallest absolute Gasteiger partial charge is 0.115 e. The molecule has 0 radical (unpaired) electrons. The molecule has 3 nitrogen and oxygen atoms in total. The Bertz CT molecular complexity index is 525. The van der Waals surface area contributed by atoms with Crippen molar-refractivity contribution in [2.45, 2.75) is 31.8 Å². The molecule has 2 aromatic carbocycles. The van der Waals surface area contributed by atoms with Crippen LogP contribution in [0.15, 0.2) is 54.6 Å². The van der Waals surface area contributed by atoms with Crippen LogP contribution in [0.3, 0.4) is 0 Å². The van der Waals surface area contributed by atoms with Gasteiger partial charge in [-0.1, -0.05) is 42.5 Å². The first-order valence-corrected chi connectivity index (χ1v) is 7.39. The lowest BCUT2D eigenvalue weighted by molar-refractivity contribution is 0.233. The van der Waals surface area contributed by atoms with Gasteiger partial charge in [0.1, 0.15) is 5.75 Å². The molecule has 0 aliphatic rings. The van der Waals surface area contributed by atoms with Crippen LogP contribution in [0.4, 0.5) is 0 Å². The molecule has 0 aliphatic carbocycles. The van der Waals surface area contributed by atoms with Crippen LogP contribution in [0.5, 0.6) is 5.75 Å². The highest BCUT2D eigenvalue weighted by atomic mass is 16.3. The summed E-state index contributed by atoms with van der Waals surface area (Å²) < 4.78 is 0. The van der Waals surface area contributed by atoms with E-state index in [0.717, 1.165) is 18.4 Å². The normalized spacial score (nSPS) is 13.8. The monoisotopic (exact) mass is 285 g/mol. The molecule has 21 heavy (non-hydrogen) atoms. The number of aliphatic hydroxyl groups excluding tert-OH is 1. The largest absolute Gasteiger partial charge is 0.508 e. The van der Waals surface area contributed by atoms with Crippen molar-refractivity contribution in [1.29, 1.82) is 0 Å². The second-order valence-corrected chi connectivity index (χ2v) is 5.42. The van der Waals surface area contributed by atoms with Crippen LogP contribution in [0.1, 0.15) is 30.5 Å². The highest BCUT2D eigenvalue weighted by Gasteiger charge is 2.13. The first-order valence-electron chi connectivity index (χ1n) is 7.39. The number of benzene rings is 2. The lowest BCUT2D eigenvalue weighted by atomic mass is 10.0. The zero-order chi connectivity index (χ0) is 15.1. The fourth-order valence-corrected chi connectivity index (χ4v) is 2.41. The van der Waals surface area contributed by atoms with Gasteiger partial charge in [0, 0.05) is 6.04 Å². The van der Waals surface area contributed by atoms with Crippen LogP contribution < -0.4 is 5.32 Å². The maximum atomic E-state index is 9.55. The van der Waals surface area contributed by atoms with Crippen LogP contribution in [0.25, 0.3) is 0 Å². The van der Waals surface area contributed by atoms with Crippen LogP contribution >= 0.6 is 0 Å². The highest BCUT2D eigenvalue weighted by Crippen LogP contribution is 2.15. The van der Waals surface area contributed by atoms with E-state index in [1.807, 2.05) is 42.5 Å².